The molecule has 16 heavy (non-hydrogen) atoms. The Kier molecular flexibility index (Phi) is 2.55. The van der Waals surface area contributed by atoms with Gasteiger partial charge in [0.15, 0.2) is 5.82 Å². The highest BCUT2D eigenvalue weighted by atomic mass is 19.1. The van der Waals surface area contributed by atoms with Crippen LogP contribution in [0.2, 0.25) is 0 Å². The number of hydrogen-bond acceptors (Lipinski definition) is 4. The summed E-state index contributed by atoms with van der Waals surface area (Å²) in [5.41, 5.74) is 6.17. The van der Waals surface area contributed by atoms with E-state index in [4.69, 9.17) is 5.73 Å². The molecule has 1 atom stereocenters. The quantitative estimate of drug-likeness (QED) is 0.814. The van der Waals surface area contributed by atoms with Crippen molar-refractivity contribution in [3.63, 3.8) is 0 Å². The molecule has 2 heterocycles. The lowest BCUT2D eigenvalue weighted by atomic mass is 10.2. The number of nitrogens with zero attached hydrogens (tertiary/aromatic N) is 3. The number of nitrogen functional groups attached to an aromatic ring is 1. The summed E-state index contributed by atoms with van der Waals surface area (Å²) in [7, 11) is 0. The van der Waals surface area contributed by atoms with E-state index >= 15 is 0 Å². The van der Waals surface area contributed by atoms with Crippen LogP contribution in [0.5, 0.6) is 0 Å². The number of alkyl halides is 1. The van der Waals surface area contributed by atoms with Gasteiger partial charge < -0.3 is 5.73 Å². The smallest absolute Gasteiger partial charge is 0.289 e. The van der Waals surface area contributed by atoms with Crippen molar-refractivity contribution in [3.8, 4) is 0 Å². The first-order valence-electron chi connectivity index (χ1n) is 4.90. The molecule has 0 aliphatic carbocycles. The van der Waals surface area contributed by atoms with Gasteiger partial charge in [0.1, 0.15) is 0 Å². The summed E-state index contributed by atoms with van der Waals surface area (Å²) in [5.74, 6) is -0.417. The van der Waals surface area contributed by atoms with Gasteiger partial charge in [0.05, 0.1) is 17.6 Å². The summed E-state index contributed by atoms with van der Waals surface area (Å²) in [6.07, 6.45) is 0.151. The number of amides is 1. The molecule has 84 valence electrons. The summed E-state index contributed by atoms with van der Waals surface area (Å²) >= 11 is 0. The second-order valence-electron chi connectivity index (χ2n) is 3.41. The second kappa shape index (κ2) is 3.88. The first-order chi connectivity index (χ1) is 7.63. The van der Waals surface area contributed by atoms with Crippen LogP contribution in [0.4, 0.5) is 15.9 Å². The minimum atomic E-state index is -1.65. The van der Waals surface area contributed by atoms with Crippen LogP contribution in [0.3, 0.4) is 0 Å². The van der Waals surface area contributed by atoms with Gasteiger partial charge in [-0.1, -0.05) is 6.92 Å². The van der Waals surface area contributed by atoms with Crippen LogP contribution < -0.4 is 10.7 Å². The summed E-state index contributed by atoms with van der Waals surface area (Å²) in [5, 5.41) is 4.87. The van der Waals surface area contributed by atoms with E-state index in [0.717, 1.165) is 5.01 Å². The fraction of sp³-hybridized carbons (Fsp3) is 0.300. The minimum absolute atomic E-state index is 0.226. The lowest BCUT2D eigenvalue weighted by Crippen LogP contribution is -2.28. The van der Waals surface area contributed by atoms with Gasteiger partial charge in [0.25, 0.3) is 5.91 Å². The molecule has 1 aliphatic heterocycles. The van der Waals surface area contributed by atoms with Gasteiger partial charge in [-0.25, -0.2) is 9.37 Å². The molecule has 5 nitrogen and oxygen atoms in total. The van der Waals surface area contributed by atoms with Crippen molar-refractivity contribution in [3.05, 3.63) is 18.3 Å². The molecule has 0 radical (unpaired) electrons. The first-order valence-corrected chi connectivity index (χ1v) is 4.90. The zero-order chi connectivity index (χ0) is 11.7. The molecule has 0 saturated carbocycles. The van der Waals surface area contributed by atoms with Crippen LogP contribution in [0, 0.1) is 0 Å². The Hall–Kier alpha value is -1.98. The number of aromatic nitrogens is 1. The van der Waals surface area contributed by atoms with E-state index in [-0.39, 0.29) is 11.5 Å². The van der Waals surface area contributed by atoms with Crippen LogP contribution in [0.1, 0.15) is 13.3 Å². The van der Waals surface area contributed by atoms with Crippen LogP contribution in [0.25, 0.3) is 0 Å². The molecular weight excluding hydrogens is 211 g/mol. The Bertz CT molecular complexity index is 443. The number of rotatable bonds is 2. The van der Waals surface area contributed by atoms with E-state index in [1.807, 2.05) is 0 Å². The minimum Gasteiger partial charge on any atom is -0.397 e. The monoisotopic (exact) mass is 222 g/mol. The fourth-order valence-electron chi connectivity index (χ4n) is 1.42. The maximum atomic E-state index is 13.4. The first kappa shape index (κ1) is 10.5. The molecule has 1 aromatic heterocycles. The summed E-state index contributed by atoms with van der Waals surface area (Å²) in [4.78, 5) is 15.4. The third kappa shape index (κ3) is 1.62. The number of pyridine rings is 1. The molecule has 1 aromatic rings. The van der Waals surface area contributed by atoms with Crippen LogP contribution in [-0.4, -0.2) is 22.8 Å². The van der Waals surface area contributed by atoms with Crippen LogP contribution in [-0.2, 0) is 4.79 Å². The summed E-state index contributed by atoms with van der Waals surface area (Å²) in [6, 6.07) is 3.12. The molecule has 2 rings (SSSR count). The molecule has 1 aliphatic rings. The highest BCUT2D eigenvalue weighted by Crippen LogP contribution is 2.21. The lowest BCUT2D eigenvalue weighted by molar-refractivity contribution is -0.120. The Labute approximate surface area is 91.8 Å². The van der Waals surface area contributed by atoms with Gasteiger partial charge in [-0.2, -0.15) is 10.1 Å². The SMILES string of the molecule is CCC1=NN(c2ccc(N)cn2)C(=O)[C@@H]1F. The summed E-state index contributed by atoms with van der Waals surface area (Å²) < 4.78 is 13.4. The molecule has 0 bridgehead atoms. The van der Waals surface area contributed by atoms with E-state index in [9.17, 15) is 9.18 Å². The molecule has 0 saturated heterocycles. The van der Waals surface area contributed by atoms with E-state index in [1.54, 1.807) is 13.0 Å². The third-order valence-electron chi connectivity index (χ3n) is 2.30. The average Bonchev–Trinajstić information content (AvgIpc) is 2.57. The average molecular weight is 222 g/mol. The van der Waals surface area contributed by atoms with Crippen molar-refractivity contribution >= 4 is 23.1 Å². The number of nitrogens with two attached hydrogens (primary N) is 1. The molecule has 2 N–H and O–H groups in total. The van der Waals surface area contributed by atoms with Gasteiger partial charge >= 0.3 is 0 Å². The third-order valence-corrected chi connectivity index (χ3v) is 2.30. The van der Waals surface area contributed by atoms with Gasteiger partial charge in [0, 0.05) is 0 Å². The highest BCUT2D eigenvalue weighted by molar-refractivity contribution is 6.17. The fourth-order valence-corrected chi connectivity index (χ4v) is 1.42. The van der Waals surface area contributed by atoms with Crippen molar-refractivity contribution in [1.29, 1.82) is 0 Å². The van der Waals surface area contributed by atoms with Gasteiger partial charge in [-0.05, 0) is 18.6 Å². The molecule has 0 fully saturated rings. The maximum Gasteiger partial charge on any atom is 0.289 e. The van der Waals surface area contributed by atoms with Crippen LogP contribution in [0.15, 0.2) is 23.4 Å². The molecule has 0 aromatic carbocycles. The van der Waals surface area contributed by atoms with Crippen molar-refractivity contribution < 1.29 is 9.18 Å². The standard InChI is InChI=1S/C10H11FN4O/c1-2-7-9(11)10(16)15(14-7)8-4-3-6(12)5-13-8/h3-5,9H,2,12H2,1H3/t9-/m1/s1. The van der Waals surface area contributed by atoms with E-state index in [0.29, 0.717) is 12.1 Å². The zero-order valence-corrected chi connectivity index (χ0v) is 8.72. The van der Waals surface area contributed by atoms with E-state index in [1.165, 1.54) is 12.3 Å². The van der Waals surface area contributed by atoms with Gasteiger partial charge in [-0.3, -0.25) is 4.79 Å². The number of carbonyl (C=O) groups is 1. The van der Waals surface area contributed by atoms with Gasteiger partial charge in [0.2, 0.25) is 6.17 Å². The second-order valence-corrected chi connectivity index (χ2v) is 3.41. The predicted octanol–water partition coefficient (Wildman–Crippen LogP) is 1.11. The highest BCUT2D eigenvalue weighted by Gasteiger charge is 2.36. The number of hydrogen-bond donors (Lipinski definition) is 1. The number of hydrazone groups is 1. The lowest BCUT2D eigenvalue weighted by Gasteiger charge is -2.10. The number of halogens is 1. The molecule has 0 spiro atoms. The Morgan fingerprint density at radius 1 is 1.56 bits per heavy atom. The van der Waals surface area contributed by atoms with E-state index < -0.39 is 12.1 Å². The maximum absolute atomic E-state index is 13.4. The molecule has 1 amide bonds. The van der Waals surface area contributed by atoms with Crippen molar-refractivity contribution in [1.82, 2.24) is 4.98 Å². The Balaban J connectivity index is 2.32. The number of anilines is 2. The molecular formula is C10H11FN4O. The largest absolute Gasteiger partial charge is 0.397 e. The molecule has 6 heteroatoms. The Morgan fingerprint density at radius 2 is 2.31 bits per heavy atom. The Morgan fingerprint density at radius 3 is 2.81 bits per heavy atom. The van der Waals surface area contributed by atoms with Crippen molar-refractivity contribution in [2.75, 3.05) is 10.7 Å². The van der Waals surface area contributed by atoms with Gasteiger partial charge in [-0.15, -0.1) is 0 Å². The van der Waals surface area contributed by atoms with Crippen molar-refractivity contribution in [2.24, 2.45) is 5.10 Å². The zero-order valence-electron chi connectivity index (χ0n) is 8.72. The van der Waals surface area contributed by atoms with E-state index in [2.05, 4.69) is 10.1 Å². The topological polar surface area (TPSA) is 71.6 Å². The molecule has 0 unspecified atom stereocenters. The normalized spacial score (nSPS) is 20.1. The summed E-state index contributed by atoms with van der Waals surface area (Å²) in [6.45, 7) is 1.75. The number of carbonyl (C=O) groups excluding carboxylic acids is 1. The van der Waals surface area contributed by atoms with Crippen LogP contribution >= 0.6 is 0 Å². The van der Waals surface area contributed by atoms with Crippen molar-refractivity contribution in [2.45, 2.75) is 19.5 Å². The predicted molar refractivity (Wildman–Crippen MR) is 58.8 cm³/mol.